The lowest BCUT2D eigenvalue weighted by Crippen LogP contribution is -2.25. The molecule has 5 aromatic carbocycles. The third-order valence-corrected chi connectivity index (χ3v) is 10.2. The molecule has 0 heterocycles. The van der Waals surface area contributed by atoms with Crippen LogP contribution in [-0.4, -0.2) is 5.52 Å². The van der Waals surface area contributed by atoms with Crippen LogP contribution >= 0.6 is 7.14 Å². The minimum atomic E-state index is -3.77. The van der Waals surface area contributed by atoms with Crippen molar-refractivity contribution in [2.45, 2.75) is 40.0 Å². The van der Waals surface area contributed by atoms with E-state index in [1.165, 1.54) is 5.56 Å². The second kappa shape index (κ2) is 9.88. The summed E-state index contributed by atoms with van der Waals surface area (Å²) in [5, 5.41) is 4.93. The number of aryl methyl sites for hydroxylation is 3. The van der Waals surface area contributed by atoms with Crippen molar-refractivity contribution >= 4 is 44.8 Å². The fourth-order valence-electron chi connectivity index (χ4n) is 5.35. The van der Waals surface area contributed by atoms with Crippen LogP contribution < -0.4 is 10.6 Å². The van der Waals surface area contributed by atoms with Gasteiger partial charge in [0.25, 0.3) is 0 Å². The summed E-state index contributed by atoms with van der Waals surface area (Å²) >= 11 is 0. The molecule has 3 heteroatoms. The number of hydrogen-bond acceptors (Lipinski definition) is 2. The van der Waals surface area contributed by atoms with Crippen LogP contribution in [0.3, 0.4) is 0 Å². The summed E-state index contributed by atoms with van der Waals surface area (Å²) in [5.41, 5.74) is 3.56. The van der Waals surface area contributed by atoms with Gasteiger partial charge in [0.1, 0.15) is 0 Å². The van der Waals surface area contributed by atoms with E-state index in [9.17, 15) is 4.79 Å². The van der Waals surface area contributed by atoms with Crippen LogP contribution in [0.15, 0.2) is 97.1 Å². The van der Waals surface area contributed by atoms with Gasteiger partial charge in [-0.25, -0.2) is 0 Å². The maximum absolute atomic E-state index is 15.7. The standard InChI is InChI=1S/C33H31O2P/c1-4-23-21-24(5-2)32(25(6-3)22-23)33(34)36(35,30-19-11-15-26-13-7-9-17-28(26)30)31-20-12-16-27-14-8-10-18-29(27)31/h7-22H,4-6H2,1-3H3. The molecule has 0 saturated heterocycles. The van der Waals surface area contributed by atoms with E-state index in [-0.39, 0.29) is 5.52 Å². The zero-order valence-corrected chi connectivity index (χ0v) is 22.0. The lowest BCUT2D eigenvalue weighted by Gasteiger charge is -2.24. The molecular weight excluding hydrogens is 459 g/mol. The van der Waals surface area contributed by atoms with Gasteiger partial charge in [-0.15, -0.1) is 0 Å². The van der Waals surface area contributed by atoms with Gasteiger partial charge in [-0.2, -0.15) is 0 Å². The fourth-order valence-corrected chi connectivity index (χ4v) is 8.33. The third kappa shape index (κ3) is 3.91. The Kier molecular flexibility index (Phi) is 6.65. The van der Waals surface area contributed by atoms with Crippen molar-refractivity contribution in [3.05, 3.63) is 119 Å². The SMILES string of the molecule is CCc1cc(CC)c(C(=O)P(=O)(c2cccc3ccccc23)c2cccc3ccccc23)c(CC)c1. The molecule has 0 aliphatic heterocycles. The molecule has 2 nitrogen and oxygen atoms in total. The first-order valence-electron chi connectivity index (χ1n) is 12.8. The lowest BCUT2D eigenvalue weighted by atomic mass is 9.94. The highest BCUT2D eigenvalue weighted by atomic mass is 31.2. The van der Waals surface area contributed by atoms with Crippen molar-refractivity contribution in [3.8, 4) is 0 Å². The molecule has 0 bridgehead atoms. The number of carbonyl (C=O) groups excluding carboxylic acids is 1. The largest absolute Gasteiger partial charge is 0.305 e. The van der Waals surface area contributed by atoms with Gasteiger partial charge in [0, 0.05) is 16.2 Å². The molecule has 0 radical (unpaired) electrons. The van der Waals surface area contributed by atoms with Crippen LogP contribution in [0.1, 0.15) is 47.8 Å². The molecule has 0 amide bonds. The van der Waals surface area contributed by atoms with Crippen molar-refractivity contribution in [1.29, 1.82) is 0 Å². The van der Waals surface area contributed by atoms with Crippen LogP contribution in [0.25, 0.3) is 21.5 Å². The molecule has 0 aromatic heterocycles. The van der Waals surface area contributed by atoms with Gasteiger partial charge >= 0.3 is 0 Å². The molecule has 0 atom stereocenters. The maximum Gasteiger partial charge on any atom is 0.230 e. The highest BCUT2D eigenvalue weighted by Gasteiger charge is 2.40. The first kappa shape index (κ1) is 24.2. The number of rotatable bonds is 7. The molecule has 0 aliphatic carbocycles. The maximum atomic E-state index is 15.7. The van der Waals surface area contributed by atoms with Gasteiger partial charge in [0.05, 0.1) is 0 Å². The second-order valence-electron chi connectivity index (χ2n) is 9.26. The first-order chi connectivity index (χ1) is 17.5. The van der Waals surface area contributed by atoms with Gasteiger partial charge in [-0.3, -0.25) is 4.79 Å². The van der Waals surface area contributed by atoms with Crippen LogP contribution in [0, 0.1) is 0 Å². The van der Waals surface area contributed by atoms with E-state index in [0.717, 1.165) is 39.1 Å². The molecule has 0 aliphatic rings. The summed E-state index contributed by atoms with van der Waals surface area (Å²) in [6, 6.07) is 31.8. The number of hydrogen-bond donors (Lipinski definition) is 0. The summed E-state index contributed by atoms with van der Waals surface area (Å²) < 4.78 is 15.7. The van der Waals surface area contributed by atoms with E-state index in [1.807, 2.05) is 84.9 Å². The van der Waals surface area contributed by atoms with E-state index in [4.69, 9.17) is 0 Å². The Balaban J connectivity index is 1.91. The van der Waals surface area contributed by atoms with E-state index >= 15 is 4.57 Å². The first-order valence-corrected chi connectivity index (χ1v) is 14.5. The Morgan fingerprint density at radius 3 is 1.50 bits per heavy atom. The van der Waals surface area contributed by atoms with Crippen molar-refractivity contribution in [3.63, 3.8) is 0 Å². The normalized spacial score (nSPS) is 11.8. The van der Waals surface area contributed by atoms with E-state index < -0.39 is 7.14 Å². The highest BCUT2D eigenvalue weighted by molar-refractivity contribution is 7.94. The summed E-state index contributed by atoms with van der Waals surface area (Å²) in [7, 11) is -3.77. The molecule has 0 saturated carbocycles. The number of fused-ring (bicyclic) bond motifs is 2. The average molecular weight is 491 g/mol. The van der Waals surface area contributed by atoms with Crippen LogP contribution in [0.5, 0.6) is 0 Å². The van der Waals surface area contributed by atoms with E-state index in [2.05, 4.69) is 32.9 Å². The zero-order valence-electron chi connectivity index (χ0n) is 21.1. The zero-order chi connectivity index (χ0) is 25.3. The summed E-state index contributed by atoms with van der Waals surface area (Å²) in [6.45, 7) is 6.28. The van der Waals surface area contributed by atoms with Gasteiger partial charge in [0.2, 0.25) is 12.7 Å². The van der Waals surface area contributed by atoms with Gasteiger partial charge < -0.3 is 4.57 Å². The van der Waals surface area contributed by atoms with Crippen molar-refractivity contribution in [2.24, 2.45) is 0 Å². The monoisotopic (exact) mass is 490 g/mol. The molecule has 0 fully saturated rings. The van der Waals surface area contributed by atoms with Gasteiger partial charge in [0.15, 0.2) is 0 Å². The average Bonchev–Trinajstić information content (AvgIpc) is 2.94. The number of carbonyl (C=O) groups is 1. The van der Waals surface area contributed by atoms with Gasteiger partial charge in [-0.05, 0) is 57.5 Å². The smallest absolute Gasteiger partial charge is 0.230 e. The second-order valence-corrected chi connectivity index (χ2v) is 11.8. The minimum absolute atomic E-state index is 0.258. The summed E-state index contributed by atoms with van der Waals surface area (Å²) in [6.07, 6.45) is 2.33. The predicted octanol–water partition coefficient (Wildman–Crippen LogP) is 7.83. The molecule has 180 valence electrons. The molecule has 0 N–H and O–H groups in total. The lowest BCUT2D eigenvalue weighted by molar-refractivity contribution is 0.107. The highest BCUT2D eigenvalue weighted by Crippen LogP contribution is 2.51. The third-order valence-electron chi connectivity index (χ3n) is 7.24. The summed E-state index contributed by atoms with van der Waals surface area (Å²) in [4.78, 5) is 14.9. The Labute approximate surface area is 213 Å². The Morgan fingerprint density at radius 2 is 1.06 bits per heavy atom. The Hall–Kier alpha value is -3.48. The quantitative estimate of drug-likeness (QED) is 0.218. The van der Waals surface area contributed by atoms with Crippen molar-refractivity contribution < 1.29 is 9.36 Å². The van der Waals surface area contributed by atoms with Crippen molar-refractivity contribution in [1.82, 2.24) is 0 Å². The Morgan fingerprint density at radius 1 is 0.611 bits per heavy atom. The fraction of sp³-hybridized carbons (Fsp3) is 0.182. The molecule has 5 rings (SSSR count). The van der Waals surface area contributed by atoms with Crippen molar-refractivity contribution in [2.75, 3.05) is 0 Å². The van der Waals surface area contributed by atoms with E-state index in [0.29, 0.717) is 29.0 Å². The van der Waals surface area contributed by atoms with E-state index in [1.54, 1.807) is 0 Å². The van der Waals surface area contributed by atoms with Crippen LogP contribution in [0.2, 0.25) is 0 Å². The molecule has 5 aromatic rings. The van der Waals surface area contributed by atoms with Gasteiger partial charge in [-0.1, -0.05) is 118 Å². The minimum Gasteiger partial charge on any atom is -0.305 e. The molecule has 36 heavy (non-hydrogen) atoms. The molecular formula is C33H31O2P. The molecule has 0 spiro atoms. The summed E-state index contributed by atoms with van der Waals surface area (Å²) in [5.74, 6) is 0. The number of benzene rings is 5. The Bertz CT molecular complexity index is 1530. The topological polar surface area (TPSA) is 34.1 Å². The van der Waals surface area contributed by atoms with Crippen LogP contribution in [0.4, 0.5) is 0 Å². The van der Waals surface area contributed by atoms with Crippen LogP contribution in [-0.2, 0) is 23.8 Å². The molecule has 0 unspecified atom stereocenters. The predicted molar refractivity (Wildman–Crippen MR) is 154 cm³/mol.